The second-order valence-corrected chi connectivity index (χ2v) is 6.59. The molecule has 0 saturated heterocycles. The van der Waals surface area contributed by atoms with Crippen molar-refractivity contribution < 1.29 is 18.8 Å². The molecule has 0 unspecified atom stereocenters. The summed E-state index contributed by atoms with van der Waals surface area (Å²) in [5.41, 5.74) is 2.21. The molecule has 0 radical (unpaired) electrons. The van der Waals surface area contributed by atoms with Crippen LogP contribution in [-0.2, 0) is 11.3 Å². The van der Waals surface area contributed by atoms with Crippen LogP contribution in [0.15, 0.2) is 28.8 Å². The third-order valence-electron chi connectivity index (χ3n) is 4.03. The normalized spacial score (nSPS) is 11.2. The van der Waals surface area contributed by atoms with Crippen molar-refractivity contribution in [1.29, 1.82) is 0 Å². The second-order valence-electron chi connectivity index (χ2n) is 6.24. The molecule has 0 fully saturated rings. The Hall–Kier alpha value is -2.60. The van der Waals surface area contributed by atoms with Gasteiger partial charge in [0.05, 0.1) is 18.3 Å². The number of pyridine rings is 1. The first-order chi connectivity index (χ1) is 12.4. The first kappa shape index (κ1) is 18.2. The van der Waals surface area contributed by atoms with Crippen LogP contribution in [0.1, 0.15) is 47.1 Å². The van der Waals surface area contributed by atoms with Crippen molar-refractivity contribution in [3.05, 3.63) is 52.0 Å². The Bertz CT molecular complexity index is 966. The standard InChI is InChI=1S/C19H19ClN2O4/c1-10(2)17-16(11(3)22-26-17)19(23)25-9-13-7-12-5-6-14(24-4)8-15(12)21-18(13)20/h5-8,10H,9H2,1-4H3. The number of benzene rings is 1. The first-order valence-electron chi connectivity index (χ1n) is 8.17. The molecule has 26 heavy (non-hydrogen) atoms. The maximum Gasteiger partial charge on any atom is 0.344 e. The molecule has 3 aromatic rings. The number of aromatic nitrogens is 2. The number of ether oxygens (including phenoxy) is 2. The van der Waals surface area contributed by atoms with Crippen LogP contribution >= 0.6 is 11.6 Å². The average molecular weight is 375 g/mol. The Morgan fingerprint density at radius 3 is 2.77 bits per heavy atom. The van der Waals surface area contributed by atoms with Crippen molar-refractivity contribution in [2.24, 2.45) is 0 Å². The monoisotopic (exact) mass is 374 g/mol. The highest BCUT2D eigenvalue weighted by atomic mass is 35.5. The molecule has 0 aliphatic heterocycles. The van der Waals surface area contributed by atoms with Gasteiger partial charge in [-0.1, -0.05) is 30.6 Å². The van der Waals surface area contributed by atoms with Gasteiger partial charge in [0.25, 0.3) is 0 Å². The molecule has 6 nitrogen and oxygen atoms in total. The van der Waals surface area contributed by atoms with Crippen LogP contribution in [0, 0.1) is 6.92 Å². The van der Waals surface area contributed by atoms with E-state index < -0.39 is 5.97 Å². The smallest absolute Gasteiger partial charge is 0.344 e. The van der Waals surface area contributed by atoms with Crippen molar-refractivity contribution in [1.82, 2.24) is 10.1 Å². The van der Waals surface area contributed by atoms with Gasteiger partial charge in [0, 0.05) is 22.9 Å². The van der Waals surface area contributed by atoms with Crippen molar-refractivity contribution >= 4 is 28.5 Å². The van der Waals surface area contributed by atoms with Crippen LogP contribution in [0.5, 0.6) is 5.75 Å². The fraction of sp³-hybridized carbons (Fsp3) is 0.316. The molecule has 1 aromatic carbocycles. The van der Waals surface area contributed by atoms with Gasteiger partial charge in [-0.25, -0.2) is 9.78 Å². The van der Waals surface area contributed by atoms with E-state index in [-0.39, 0.29) is 17.7 Å². The Balaban J connectivity index is 1.82. The van der Waals surface area contributed by atoms with E-state index in [0.717, 1.165) is 5.39 Å². The number of aryl methyl sites for hydroxylation is 1. The highest BCUT2D eigenvalue weighted by Crippen LogP contribution is 2.26. The predicted octanol–water partition coefficient (Wildman–Crippen LogP) is 4.67. The van der Waals surface area contributed by atoms with Gasteiger partial charge in [-0.05, 0) is 25.1 Å². The molecule has 0 bridgehead atoms. The fourth-order valence-electron chi connectivity index (χ4n) is 2.64. The Labute approximate surface area is 156 Å². The molecule has 3 rings (SSSR count). The number of fused-ring (bicyclic) bond motifs is 1. The summed E-state index contributed by atoms with van der Waals surface area (Å²) >= 11 is 6.25. The minimum atomic E-state index is -0.488. The molecule has 136 valence electrons. The Kier molecular flexibility index (Phi) is 5.13. The summed E-state index contributed by atoms with van der Waals surface area (Å²) in [7, 11) is 1.59. The van der Waals surface area contributed by atoms with Gasteiger partial charge in [0.1, 0.15) is 23.1 Å². The molecule has 0 aliphatic carbocycles. The summed E-state index contributed by atoms with van der Waals surface area (Å²) in [6.07, 6.45) is 0. The molecule has 0 atom stereocenters. The van der Waals surface area contributed by atoms with Crippen LogP contribution < -0.4 is 4.74 Å². The molecular weight excluding hydrogens is 356 g/mol. The van der Waals surface area contributed by atoms with E-state index >= 15 is 0 Å². The number of rotatable bonds is 5. The summed E-state index contributed by atoms with van der Waals surface area (Å²) in [6, 6.07) is 7.36. The highest BCUT2D eigenvalue weighted by Gasteiger charge is 2.24. The van der Waals surface area contributed by atoms with Crippen LogP contribution in [-0.4, -0.2) is 23.2 Å². The lowest BCUT2D eigenvalue weighted by Gasteiger charge is -2.09. The average Bonchev–Trinajstić information content (AvgIpc) is 3.01. The molecule has 0 amide bonds. The first-order valence-corrected chi connectivity index (χ1v) is 8.55. The summed E-state index contributed by atoms with van der Waals surface area (Å²) < 4.78 is 15.8. The predicted molar refractivity (Wildman–Crippen MR) is 97.8 cm³/mol. The van der Waals surface area contributed by atoms with Crippen molar-refractivity contribution in [3.8, 4) is 5.75 Å². The zero-order valence-corrected chi connectivity index (χ0v) is 15.8. The lowest BCUT2D eigenvalue weighted by Crippen LogP contribution is -2.09. The van der Waals surface area contributed by atoms with E-state index in [1.807, 2.05) is 32.0 Å². The number of carbonyl (C=O) groups excluding carboxylic acids is 1. The second kappa shape index (κ2) is 7.33. The lowest BCUT2D eigenvalue weighted by molar-refractivity contribution is 0.0468. The van der Waals surface area contributed by atoms with Gasteiger partial charge in [0.15, 0.2) is 5.76 Å². The Morgan fingerprint density at radius 1 is 1.31 bits per heavy atom. The van der Waals surface area contributed by atoms with E-state index in [0.29, 0.717) is 33.8 Å². The number of hydrogen-bond donors (Lipinski definition) is 0. The van der Waals surface area contributed by atoms with E-state index in [9.17, 15) is 4.79 Å². The van der Waals surface area contributed by atoms with E-state index in [4.69, 9.17) is 25.6 Å². The number of carbonyl (C=O) groups is 1. The minimum Gasteiger partial charge on any atom is -0.497 e. The minimum absolute atomic E-state index is 0.00872. The van der Waals surface area contributed by atoms with Gasteiger partial charge in [0.2, 0.25) is 0 Å². The Morgan fingerprint density at radius 2 is 2.08 bits per heavy atom. The number of methoxy groups -OCH3 is 1. The quantitative estimate of drug-likeness (QED) is 0.477. The van der Waals surface area contributed by atoms with Gasteiger partial charge >= 0.3 is 5.97 Å². The molecular formula is C19H19ClN2O4. The topological polar surface area (TPSA) is 74.5 Å². The molecule has 0 N–H and O–H groups in total. The SMILES string of the molecule is COc1ccc2cc(COC(=O)c3c(C)noc3C(C)C)c(Cl)nc2c1. The third-order valence-corrected chi connectivity index (χ3v) is 4.35. The fourth-order valence-corrected chi connectivity index (χ4v) is 2.84. The summed E-state index contributed by atoms with van der Waals surface area (Å²) in [5.74, 6) is 0.754. The van der Waals surface area contributed by atoms with Gasteiger partial charge < -0.3 is 14.0 Å². The van der Waals surface area contributed by atoms with Crippen LogP contribution in [0.2, 0.25) is 5.15 Å². The van der Waals surface area contributed by atoms with Gasteiger partial charge in [-0.2, -0.15) is 0 Å². The highest BCUT2D eigenvalue weighted by molar-refractivity contribution is 6.30. The van der Waals surface area contributed by atoms with Gasteiger partial charge in [-0.3, -0.25) is 0 Å². The molecule has 0 spiro atoms. The molecule has 7 heteroatoms. The van der Waals surface area contributed by atoms with E-state index in [2.05, 4.69) is 10.1 Å². The van der Waals surface area contributed by atoms with Crippen LogP contribution in [0.4, 0.5) is 0 Å². The molecule has 2 heterocycles. The summed E-state index contributed by atoms with van der Waals surface area (Å²) in [5, 5.41) is 5.02. The number of nitrogens with zero attached hydrogens (tertiary/aromatic N) is 2. The summed E-state index contributed by atoms with van der Waals surface area (Å²) in [4.78, 5) is 16.8. The van der Waals surface area contributed by atoms with Crippen LogP contribution in [0.3, 0.4) is 0 Å². The number of halogens is 1. The maximum atomic E-state index is 12.5. The molecule has 0 saturated carbocycles. The van der Waals surface area contributed by atoms with Crippen molar-refractivity contribution in [3.63, 3.8) is 0 Å². The maximum absolute atomic E-state index is 12.5. The lowest BCUT2D eigenvalue weighted by atomic mass is 10.1. The summed E-state index contributed by atoms with van der Waals surface area (Å²) in [6.45, 7) is 5.57. The molecule has 2 aromatic heterocycles. The van der Waals surface area contributed by atoms with Gasteiger partial charge in [-0.15, -0.1) is 0 Å². The third kappa shape index (κ3) is 3.51. The zero-order chi connectivity index (χ0) is 18.8. The van der Waals surface area contributed by atoms with E-state index in [1.54, 1.807) is 20.1 Å². The van der Waals surface area contributed by atoms with E-state index in [1.165, 1.54) is 0 Å². The van der Waals surface area contributed by atoms with Crippen LogP contribution in [0.25, 0.3) is 10.9 Å². The van der Waals surface area contributed by atoms with Crippen molar-refractivity contribution in [2.45, 2.75) is 33.3 Å². The van der Waals surface area contributed by atoms with Crippen molar-refractivity contribution in [2.75, 3.05) is 7.11 Å². The zero-order valence-electron chi connectivity index (χ0n) is 15.0. The number of hydrogen-bond acceptors (Lipinski definition) is 6. The molecule has 0 aliphatic rings. The number of esters is 1. The largest absolute Gasteiger partial charge is 0.497 e.